The third kappa shape index (κ3) is 7.31. The number of hydrogen-bond acceptors (Lipinski definition) is 11. The van der Waals surface area contributed by atoms with Crippen LogP contribution >= 0.6 is 0 Å². The average molecular weight is 587 g/mol. The second-order valence-electron chi connectivity index (χ2n) is 10.0. The number of tetrazole rings is 1. The zero-order valence-corrected chi connectivity index (χ0v) is 23.4. The molecule has 13 nitrogen and oxygen atoms in total. The van der Waals surface area contributed by atoms with Crippen LogP contribution in [0.4, 0.5) is 16.2 Å². The summed E-state index contributed by atoms with van der Waals surface area (Å²) in [4.78, 5) is 36.4. The van der Waals surface area contributed by atoms with E-state index >= 15 is 0 Å². The SMILES string of the molecule is CC(OC(=O)OC1CCCCC1)OC(=O)c1cccc([N+](=O)[O-])c1NCc1ccc(-c2ccccc2-c2nn[nH]n2)cc1. The van der Waals surface area contributed by atoms with E-state index in [1.807, 2.05) is 48.5 Å². The molecule has 1 aliphatic rings. The summed E-state index contributed by atoms with van der Waals surface area (Å²) >= 11 is 0. The van der Waals surface area contributed by atoms with Gasteiger partial charge < -0.3 is 19.5 Å². The smallest absolute Gasteiger partial charge is 0.431 e. The molecule has 0 radical (unpaired) electrons. The molecule has 1 saturated carbocycles. The van der Waals surface area contributed by atoms with Crippen LogP contribution in [0.5, 0.6) is 0 Å². The third-order valence-corrected chi connectivity index (χ3v) is 7.06. The molecule has 0 saturated heterocycles. The number of nitrogens with zero attached hydrogens (tertiary/aromatic N) is 4. The fourth-order valence-corrected chi connectivity index (χ4v) is 4.97. The van der Waals surface area contributed by atoms with E-state index in [9.17, 15) is 19.7 Å². The standard InChI is InChI=1S/C30H30N6O7/c1-19(42-30(38)43-22-8-3-2-4-9-22)41-29(37)25-12-7-13-26(36(39)40)27(25)31-18-20-14-16-21(17-15-20)23-10-5-6-11-24(23)28-32-34-35-33-28/h5-7,10-17,19,22,31H,2-4,8-9,18H2,1H3,(H,32,33,34,35). The van der Waals surface area contributed by atoms with Gasteiger partial charge in [-0.2, -0.15) is 5.21 Å². The van der Waals surface area contributed by atoms with Gasteiger partial charge in [0.1, 0.15) is 11.8 Å². The van der Waals surface area contributed by atoms with Crippen LogP contribution in [0.1, 0.15) is 54.9 Å². The number of nitrogens with one attached hydrogen (secondary N) is 2. The van der Waals surface area contributed by atoms with Crippen LogP contribution in [-0.2, 0) is 20.8 Å². The first kappa shape index (κ1) is 29.2. The maximum atomic E-state index is 13.0. The topological polar surface area (TPSA) is 171 Å². The highest BCUT2D eigenvalue weighted by Crippen LogP contribution is 2.32. The number of para-hydroxylation sites is 1. The molecule has 1 aliphatic carbocycles. The molecule has 43 heavy (non-hydrogen) atoms. The number of nitro groups is 1. The molecule has 1 aromatic heterocycles. The van der Waals surface area contributed by atoms with E-state index in [1.54, 1.807) is 0 Å². The maximum Gasteiger partial charge on any atom is 0.511 e. The zero-order valence-electron chi connectivity index (χ0n) is 23.4. The lowest BCUT2D eigenvalue weighted by atomic mass is 9.98. The summed E-state index contributed by atoms with van der Waals surface area (Å²) < 4.78 is 15.7. The lowest BCUT2D eigenvalue weighted by Crippen LogP contribution is -2.27. The minimum Gasteiger partial charge on any atom is -0.431 e. The molecule has 4 aromatic rings. The van der Waals surface area contributed by atoms with Crippen molar-refractivity contribution < 1.29 is 28.7 Å². The van der Waals surface area contributed by atoms with Gasteiger partial charge >= 0.3 is 12.1 Å². The van der Waals surface area contributed by atoms with Gasteiger partial charge in [-0.25, -0.2) is 9.59 Å². The highest BCUT2D eigenvalue weighted by atomic mass is 16.8. The zero-order chi connectivity index (χ0) is 30.2. The van der Waals surface area contributed by atoms with Crippen molar-refractivity contribution in [3.05, 3.63) is 88.0 Å². The fraction of sp³-hybridized carbons (Fsp3) is 0.300. The molecule has 1 fully saturated rings. The third-order valence-electron chi connectivity index (χ3n) is 7.06. The summed E-state index contributed by atoms with van der Waals surface area (Å²) in [7, 11) is 0. The predicted octanol–water partition coefficient (Wildman–Crippen LogP) is 6.04. The van der Waals surface area contributed by atoms with Crippen LogP contribution in [0.15, 0.2) is 66.7 Å². The Labute approximate surface area is 246 Å². The van der Waals surface area contributed by atoms with Crippen molar-refractivity contribution in [2.45, 2.75) is 58.0 Å². The van der Waals surface area contributed by atoms with Crippen molar-refractivity contribution >= 4 is 23.5 Å². The summed E-state index contributed by atoms with van der Waals surface area (Å²) in [6.07, 6.45) is 2.18. The van der Waals surface area contributed by atoms with E-state index in [1.165, 1.54) is 25.1 Å². The van der Waals surface area contributed by atoms with E-state index in [0.717, 1.165) is 54.4 Å². The molecular formula is C30H30N6O7. The molecule has 1 atom stereocenters. The number of nitro benzene ring substituents is 1. The molecule has 0 amide bonds. The summed E-state index contributed by atoms with van der Waals surface area (Å²) in [5, 5.41) is 29.1. The van der Waals surface area contributed by atoms with Crippen molar-refractivity contribution in [1.82, 2.24) is 20.6 Å². The van der Waals surface area contributed by atoms with E-state index in [0.29, 0.717) is 5.82 Å². The second-order valence-corrected chi connectivity index (χ2v) is 10.0. The van der Waals surface area contributed by atoms with Gasteiger partial charge in [-0.15, -0.1) is 10.2 Å². The van der Waals surface area contributed by atoms with Crippen molar-refractivity contribution in [2.24, 2.45) is 0 Å². The number of aromatic nitrogens is 4. The molecule has 0 bridgehead atoms. The molecule has 0 spiro atoms. The van der Waals surface area contributed by atoms with E-state index in [-0.39, 0.29) is 29.6 Å². The van der Waals surface area contributed by atoms with Gasteiger partial charge in [0.2, 0.25) is 12.1 Å². The lowest BCUT2D eigenvalue weighted by molar-refractivity contribution is -0.384. The number of rotatable bonds is 10. The molecule has 0 aliphatic heterocycles. The van der Waals surface area contributed by atoms with Crippen molar-refractivity contribution in [3.8, 4) is 22.5 Å². The lowest BCUT2D eigenvalue weighted by Gasteiger charge is -2.22. The summed E-state index contributed by atoms with van der Waals surface area (Å²) in [6.45, 7) is 1.56. The first-order valence-corrected chi connectivity index (χ1v) is 13.9. The largest absolute Gasteiger partial charge is 0.511 e. The van der Waals surface area contributed by atoms with Crippen LogP contribution in [-0.4, -0.2) is 50.1 Å². The maximum absolute atomic E-state index is 13.0. The Hall–Kier alpha value is -5.33. The normalized spacial score (nSPS) is 14.0. The van der Waals surface area contributed by atoms with Gasteiger partial charge in [0.15, 0.2) is 0 Å². The highest BCUT2D eigenvalue weighted by Gasteiger charge is 2.26. The Kier molecular flexibility index (Phi) is 9.20. The highest BCUT2D eigenvalue weighted by molar-refractivity contribution is 5.98. The Morgan fingerprint density at radius 2 is 1.74 bits per heavy atom. The number of carbonyl (C=O) groups is 2. The van der Waals surface area contributed by atoms with Gasteiger partial charge in [-0.05, 0) is 53.7 Å². The monoisotopic (exact) mass is 586 g/mol. The van der Waals surface area contributed by atoms with Crippen LogP contribution in [0.25, 0.3) is 22.5 Å². The summed E-state index contributed by atoms with van der Waals surface area (Å²) in [5.41, 5.74) is 3.05. The number of carbonyl (C=O) groups excluding carboxylic acids is 2. The number of esters is 1. The minimum absolute atomic E-state index is 0.0130. The Balaban J connectivity index is 1.26. The van der Waals surface area contributed by atoms with E-state index in [4.69, 9.17) is 14.2 Å². The number of benzene rings is 3. The first-order valence-electron chi connectivity index (χ1n) is 13.9. The number of hydrogen-bond donors (Lipinski definition) is 2. The van der Waals surface area contributed by atoms with Crippen LogP contribution < -0.4 is 5.32 Å². The minimum atomic E-state index is -1.27. The van der Waals surface area contributed by atoms with Crippen molar-refractivity contribution in [3.63, 3.8) is 0 Å². The van der Waals surface area contributed by atoms with Gasteiger partial charge in [0.05, 0.1) is 10.5 Å². The average Bonchev–Trinajstić information content (AvgIpc) is 3.55. The first-order chi connectivity index (χ1) is 20.9. The number of H-pyrrole nitrogens is 1. The predicted molar refractivity (Wildman–Crippen MR) is 155 cm³/mol. The van der Waals surface area contributed by atoms with Crippen LogP contribution in [0.2, 0.25) is 0 Å². The van der Waals surface area contributed by atoms with Gasteiger partial charge in [-0.1, -0.05) is 61.0 Å². The molecule has 5 rings (SSSR count). The summed E-state index contributed by atoms with van der Waals surface area (Å²) in [6, 6.07) is 19.3. The second kappa shape index (κ2) is 13.6. The van der Waals surface area contributed by atoms with Gasteiger partial charge in [-0.3, -0.25) is 10.1 Å². The molecule has 222 valence electrons. The van der Waals surface area contributed by atoms with E-state index in [2.05, 4.69) is 25.9 Å². The van der Waals surface area contributed by atoms with E-state index < -0.39 is 23.3 Å². The molecule has 2 N–H and O–H groups in total. The Morgan fingerprint density at radius 1 is 1.00 bits per heavy atom. The quantitative estimate of drug-likeness (QED) is 0.0960. The Morgan fingerprint density at radius 3 is 2.44 bits per heavy atom. The summed E-state index contributed by atoms with van der Waals surface area (Å²) in [5.74, 6) is -0.421. The Bertz CT molecular complexity index is 1570. The van der Waals surface area contributed by atoms with Gasteiger partial charge in [0.25, 0.3) is 5.69 Å². The van der Waals surface area contributed by atoms with Crippen LogP contribution in [0, 0.1) is 10.1 Å². The number of aromatic amines is 1. The van der Waals surface area contributed by atoms with Crippen molar-refractivity contribution in [1.29, 1.82) is 0 Å². The van der Waals surface area contributed by atoms with Gasteiger partial charge in [0, 0.05) is 25.1 Å². The molecule has 1 heterocycles. The van der Waals surface area contributed by atoms with Crippen LogP contribution in [0.3, 0.4) is 0 Å². The molecule has 3 aromatic carbocycles. The molecule has 13 heteroatoms. The molecular weight excluding hydrogens is 556 g/mol. The number of ether oxygens (including phenoxy) is 3. The fourth-order valence-electron chi connectivity index (χ4n) is 4.97. The molecule has 1 unspecified atom stereocenters. The van der Waals surface area contributed by atoms with Crippen molar-refractivity contribution in [2.75, 3.05) is 5.32 Å². The number of anilines is 1.